The molecule has 0 N–H and O–H groups in total. The van der Waals surface area contributed by atoms with Crippen molar-refractivity contribution >= 4 is 7.60 Å². The normalized spacial score (nSPS) is 31.9. The predicted molar refractivity (Wildman–Crippen MR) is 51.9 cm³/mol. The van der Waals surface area contributed by atoms with Gasteiger partial charge in [-0.05, 0) is 5.92 Å². The molecular formula is C9H17O3PVW-2. The van der Waals surface area contributed by atoms with E-state index in [1.807, 2.05) is 27.7 Å². The summed E-state index contributed by atoms with van der Waals surface area (Å²) >= 11 is 0. The van der Waals surface area contributed by atoms with Crippen molar-refractivity contribution in [1.82, 2.24) is 0 Å². The quantitative estimate of drug-likeness (QED) is 0.490. The third-order valence-electron chi connectivity index (χ3n) is 1.94. The summed E-state index contributed by atoms with van der Waals surface area (Å²) < 4.78 is 22.4. The summed E-state index contributed by atoms with van der Waals surface area (Å²) in [7, 11) is -2.86. The van der Waals surface area contributed by atoms with Crippen molar-refractivity contribution in [2.75, 3.05) is 6.16 Å². The fraction of sp³-hybridized carbons (Fsp3) is 0.778. The van der Waals surface area contributed by atoms with Gasteiger partial charge >= 0.3 is 0 Å². The van der Waals surface area contributed by atoms with Gasteiger partial charge in [-0.25, -0.2) is 12.7 Å². The van der Waals surface area contributed by atoms with Gasteiger partial charge in [0.2, 0.25) is 0 Å². The van der Waals surface area contributed by atoms with E-state index in [0.29, 0.717) is 12.1 Å². The van der Waals surface area contributed by atoms with E-state index in [1.54, 1.807) is 6.61 Å². The topological polar surface area (TPSA) is 35.5 Å². The molecule has 1 saturated heterocycles. The number of hydrogen-bond donors (Lipinski definition) is 0. The summed E-state index contributed by atoms with van der Waals surface area (Å²) in [6.45, 7) is 9.41. The predicted octanol–water partition coefficient (Wildman–Crippen LogP) is 3.23. The van der Waals surface area contributed by atoms with Crippen molar-refractivity contribution in [1.29, 1.82) is 0 Å². The second-order valence-corrected chi connectivity index (χ2v) is 5.90. The second kappa shape index (κ2) is 7.69. The molecule has 1 aliphatic rings. The first-order valence-electron chi connectivity index (χ1n) is 4.57. The van der Waals surface area contributed by atoms with Crippen LogP contribution in [-0.4, -0.2) is 6.16 Å². The van der Waals surface area contributed by atoms with Gasteiger partial charge in [-0.1, -0.05) is 13.8 Å². The molecule has 0 bridgehead atoms. The number of rotatable bonds is 2. The third-order valence-corrected chi connectivity index (χ3v) is 4.13. The molecule has 2 unspecified atom stereocenters. The van der Waals surface area contributed by atoms with Crippen LogP contribution in [0.5, 0.6) is 0 Å². The zero-order chi connectivity index (χ0) is 10.1. The fourth-order valence-corrected chi connectivity index (χ4v) is 3.20. The van der Waals surface area contributed by atoms with Crippen LogP contribution in [0.1, 0.15) is 27.7 Å². The minimum Gasteiger partial charge on any atom is -0.490 e. The summed E-state index contributed by atoms with van der Waals surface area (Å²) in [5.74, 6) is 0.453. The van der Waals surface area contributed by atoms with Crippen LogP contribution in [0, 0.1) is 24.5 Å². The van der Waals surface area contributed by atoms with Crippen LogP contribution in [0.4, 0.5) is 0 Å². The Labute approximate surface area is 119 Å². The van der Waals surface area contributed by atoms with E-state index >= 15 is 0 Å². The summed E-state index contributed by atoms with van der Waals surface area (Å²) in [5.41, 5.74) is 0. The number of hydrogen-bond acceptors (Lipinski definition) is 3. The van der Waals surface area contributed by atoms with Crippen molar-refractivity contribution in [2.24, 2.45) is 11.8 Å². The van der Waals surface area contributed by atoms with Crippen molar-refractivity contribution < 1.29 is 53.2 Å². The van der Waals surface area contributed by atoms with Crippen LogP contribution in [0.15, 0.2) is 0 Å². The van der Waals surface area contributed by atoms with Gasteiger partial charge in [-0.15, -0.1) is 6.92 Å². The standard InChI is InChI=1S/C9H17O3P.V.W/c1-7(2)6-13(10)11-5-8(3)9(4)12-13;;/h5,7-8H,6H2,1-4H3;;/q-2;;. The summed E-state index contributed by atoms with van der Waals surface area (Å²) in [6.07, 6.45) is 1.27. The Morgan fingerprint density at radius 1 is 1.53 bits per heavy atom. The Hall–Kier alpha value is 1.42. The van der Waals surface area contributed by atoms with Crippen molar-refractivity contribution in [3.8, 4) is 0 Å². The Kier molecular flexibility index (Phi) is 9.63. The summed E-state index contributed by atoms with van der Waals surface area (Å²) in [6, 6.07) is 0. The van der Waals surface area contributed by atoms with E-state index in [1.165, 1.54) is 0 Å². The molecule has 1 rings (SSSR count). The van der Waals surface area contributed by atoms with Crippen LogP contribution in [-0.2, 0) is 53.2 Å². The molecule has 6 heteroatoms. The van der Waals surface area contributed by atoms with E-state index in [-0.39, 0.29) is 45.5 Å². The van der Waals surface area contributed by atoms with E-state index < -0.39 is 7.60 Å². The Morgan fingerprint density at radius 2 is 2.07 bits per heavy atom. The zero-order valence-corrected chi connectivity index (χ0v) is 14.7. The van der Waals surface area contributed by atoms with E-state index in [4.69, 9.17) is 9.05 Å². The molecule has 1 aliphatic heterocycles. The molecule has 0 aromatic rings. The van der Waals surface area contributed by atoms with Gasteiger partial charge in [0.15, 0.2) is 0 Å². The van der Waals surface area contributed by atoms with E-state index in [9.17, 15) is 4.57 Å². The molecule has 1 radical (unpaired) electrons. The molecule has 1 fully saturated rings. The van der Waals surface area contributed by atoms with E-state index in [2.05, 4.69) is 0 Å². The van der Waals surface area contributed by atoms with Gasteiger partial charge in [-0.3, -0.25) is 10.5 Å². The molecule has 1 heterocycles. The molecule has 0 amide bonds. The summed E-state index contributed by atoms with van der Waals surface area (Å²) in [4.78, 5) is 0. The van der Waals surface area contributed by atoms with Gasteiger partial charge < -0.3 is 9.05 Å². The van der Waals surface area contributed by atoms with Crippen LogP contribution in [0.3, 0.4) is 0 Å². The van der Waals surface area contributed by atoms with Crippen molar-refractivity contribution in [2.45, 2.75) is 27.7 Å². The van der Waals surface area contributed by atoms with Crippen LogP contribution in [0.2, 0.25) is 0 Å². The molecule has 2 atom stereocenters. The molecule has 89 valence electrons. The molecule has 0 aromatic heterocycles. The molecule has 0 spiro atoms. The third kappa shape index (κ3) is 6.05. The van der Waals surface area contributed by atoms with E-state index in [0.717, 1.165) is 6.10 Å². The first-order chi connectivity index (χ1) is 5.93. The van der Waals surface area contributed by atoms with Gasteiger partial charge in [0.1, 0.15) is 0 Å². The largest absolute Gasteiger partial charge is 0.490 e. The zero-order valence-electron chi connectivity index (χ0n) is 9.47. The molecule has 15 heavy (non-hydrogen) atoms. The Bertz CT molecular complexity index is 225. The maximum atomic E-state index is 11.9. The van der Waals surface area contributed by atoms with Crippen molar-refractivity contribution in [3.63, 3.8) is 0 Å². The maximum Gasteiger partial charge on any atom is 0.270 e. The van der Waals surface area contributed by atoms with Crippen LogP contribution in [0.25, 0.3) is 0 Å². The molecule has 0 aromatic carbocycles. The maximum absolute atomic E-state index is 11.9. The summed E-state index contributed by atoms with van der Waals surface area (Å²) in [5, 5.41) is 0. The van der Waals surface area contributed by atoms with Gasteiger partial charge in [0, 0.05) is 45.8 Å². The van der Waals surface area contributed by atoms with Crippen LogP contribution >= 0.6 is 7.60 Å². The average molecular weight is 439 g/mol. The average Bonchev–Trinajstić information content (AvgIpc) is 1.96. The molecule has 0 saturated carbocycles. The van der Waals surface area contributed by atoms with Gasteiger partial charge in [-0.2, -0.15) is 6.92 Å². The van der Waals surface area contributed by atoms with Gasteiger partial charge in [0.25, 0.3) is 7.60 Å². The molecule has 3 nitrogen and oxygen atoms in total. The minimum atomic E-state index is -2.86. The molecular weight excluding hydrogens is 422 g/mol. The first-order valence-corrected chi connectivity index (χ1v) is 6.29. The Morgan fingerprint density at radius 3 is 2.47 bits per heavy atom. The first kappa shape index (κ1) is 18.8. The molecule has 0 aliphatic carbocycles. The van der Waals surface area contributed by atoms with Gasteiger partial charge in [0.05, 0.1) is 0 Å². The fourth-order valence-electron chi connectivity index (χ4n) is 1.13. The monoisotopic (exact) mass is 439 g/mol. The Balaban J connectivity index is 0. The second-order valence-electron chi connectivity index (χ2n) is 3.92. The SMILES string of the molecule is C[C-]1OP(=O)(CC(C)C)O[CH-]C1C.[V].[W]. The van der Waals surface area contributed by atoms with Crippen molar-refractivity contribution in [3.05, 3.63) is 12.7 Å². The van der Waals surface area contributed by atoms with Crippen LogP contribution < -0.4 is 0 Å². The smallest absolute Gasteiger partial charge is 0.270 e. The minimum absolute atomic E-state index is 0.